The van der Waals surface area contributed by atoms with Gasteiger partial charge in [0, 0.05) is 10.6 Å². The number of benzene rings is 1. The van der Waals surface area contributed by atoms with Crippen LogP contribution in [-0.2, 0) is 4.79 Å². The lowest BCUT2D eigenvalue weighted by Crippen LogP contribution is -2.32. The third-order valence-electron chi connectivity index (χ3n) is 1.86. The van der Waals surface area contributed by atoms with Gasteiger partial charge in [0.1, 0.15) is 11.9 Å². The van der Waals surface area contributed by atoms with Crippen LogP contribution in [0.3, 0.4) is 0 Å². The summed E-state index contributed by atoms with van der Waals surface area (Å²) in [6.45, 7) is 0. The molecule has 0 aliphatic rings. The molecule has 0 fully saturated rings. The summed E-state index contributed by atoms with van der Waals surface area (Å²) >= 11 is 5.76. The number of carbonyl (C=O) groups is 1. The molecule has 5 heteroatoms. The highest BCUT2D eigenvalue weighted by Gasteiger charge is 2.21. The second-order valence-electron chi connectivity index (χ2n) is 2.76. The summed E-state index contributed by atoms with van der Waals surface area (Å²) in [5, 5.41) is 2.78. The summed E-state index contributed by atoms with van der Waals surface area (Å²) in [4.78, 5) is 11.0. The van der Waals surface area contributed by atoms with Crippen LogP contribution < -0.4 is 11.1 Å². The first-order chi connectivity index (χ1) is 6.57. The fraction of sp³-hybridized carbons (Fsp3) is 0.222. The molecule has 0 saturated carbocycles. The van der Waals surface area contributed by atoms with Crippen LogP contribution in [-0.4, -0.2) is 13.0 Å². The summed E-state index contributed by atoms with van der Waals surface area (Å²) < 4.78 is 13.3. The fourth-order valence-corrected chi connectivity index (χ4v) is 1.49. The minimum atomic E-state index is -0.899. The SMILES string of the molecule is CNC(C(N)=O)c1c(F)cccc1Cl. The number of rotatable bonds is 3. The van der Waals surface area contributed by atoms with Gasteiger partial charge in [0.25, 0.3) is 0 Å². The second-order valence-corrected chi connectivity index (χ2v) is 3.17. The molecule has 0 bridgehead atoms. The molecule has 0 aliphatic carbocycles. The molecule has 3 N–H and O–H groups in total. The van der Waals surface area contributed by atoms with Crippen LogP contribution >= 0.6 is 11.6 Å². The average molecular weight is 217 g/mol. The molecule has 1 aromatic carbocycles. The molecule has 1 rings (SSSR count). The number of nitrogens with two attached hydrogens (primary N) is 1. The molecule has 3 nitrogen and oxygen atoms in total. The number of likely N-dealkylation sites (N-methyl/N-ethyl adjacent to an activating group) is 1. The van der Waals surface area contributed by atoms with Gasteiger partial charge in [0.15, 0.2) is 0 Å². The lowest BCUT2D eigenvalue weighted by molar-refractivity contribution is -0.120. The van der Waals surface area contributed by atoms with Crippen molar-refractivity contribution in [2.24, 2.45) is 5.73 Å². The van der Waals surface area contributed by atoms with Gasteiger partial charge < -0.3 is 11.1 Å². The molecular formula is C9H10ClFN2O. The van der Waals surface area contributed by atoms with Gasteiger partial charge >= 0.3 is 0 Å². The van der Waals surface area contributed by atoms with Gasteiger partial charge in [0.05, 0.1) is 0 Å². The maximum absolute atomic E-state index is 13.3. The molecule has 14 heavy (non-hydrogen) atoms. The quantitative estimate of drug-likeness (QED) is 0.799. The largest absolute Gasteiger partial charge is 0.368 e. The lowest BCUT2D eigenvalue weighted by Gasteiger charge is -2.14. The van der Waals surface area contributed by atoms with Crippen LogP contribution in [0, 0.1) is 5.82 Å². The predicted octanol–water partition coefficient (Wildman–Crippen LogP) is 1.22. The molecule has 1 atom stereocenters. The first-order valence-electron chi connectivity index (χ1n) is 3.98. The minimum Gasteiger partial charge on any atom is -0.368 e. The first-order valence-corrected chi connectivity index (χ1v) is 4.36. The molecule has 0 saturated heterocycles. The third-order valence-corrected chi connectivity index (χ3v) is 2.19. The first kappa shape index (κ1) is 10.9. The fourth-order valence-electron chi connectivity index (χ4n) is 1.22. The zero-order valence-electron chi connectivity index (χ0n) is 7.55. The monoisotopic (exact) mass is 216 g/mol. The standard InChI is InChI=1S/C9H10ClFN2O/c1-13-8(9(12)14)7-5(10)3-2-4-6(7)11/h2-4,8,13H,1H3,(H2,12,14). The molecule has 0 spiro atoms. The minimum absolute atomic E-state index is 0.0872. The second kappa shape index (κ2) is 4.39. The van der Waals surface area contributed by atoms with Crippen molar-refractivity contribution in [3.8, 4) is 0 Å². The van der Waals surface area contributed by atoms with Crippen molar-refractivity contribution in [1.82, 2.24) is 5.32 Å². The summed E-state index contributed by atoms with van der Waals surface area (Å²) in [7, 11) is 1.51. The van der Waals surface area contributed by atoms with Crippen LogP contribution in [0.5, 0.6) is 0 Å². The Hall–Kier alpha value is -1.13. The van der Waals surface area contributed by atoms with Gasteiger partial charge in [0.2, 0.25) is 5.91 Å². The Bertz CT molecular complexity index is 336. The number of nitrogens with one attached hydrogen (secondary N) is 1. The average Bonchev–Trinajstić information content (AvgIpc) is 2.10. The molecule has 76 valence electrons. The third kappa shape index (κ3) is 2.02. The van der Waals surface area contributed by atoms with E-state index in [1.54, 1.807) is 0 Å². The van der Waals surface area contributed by atoms with Gasteiger partial charge in [-0.05, 0) is 19.2 Å². The van der Waals surface area contributed by atoms with Crippen LogP contribution in [0.15, 0.2) is 18.2 Å². The van der Waals surface area contributed by atoms with Crippen molar-refractivity contribution in [3.05, 3.63) is 34.6 Å². The van der Waals surface area contributed by atoms with Crippen molar-refractivity contribution >= 4 is 17.5 Å². The molecule has 0 heterocycles. The Labute approximate surface area is 86.0 Å². The number of halogens is 2. The van der Waals surface area contributed by atoms with Crippen LogP contribution in [0.1, 0.15) is 11.6 Å². The van der Waals surface area contributed by atoms with E-state index in [0.29, 0.717) is 0 Å². The topological polar surface area (TPSA) is 55.1 Å². The molecule has 0 radical (unpaired) electrons. The van der Waals surface area contributed by atoms with Gasteiger partial charge in [-0.25, -0.2) is 4.39 Å². The van der Waals surface area contributed by atoms with Gasteiger partial charge in [-0.3, -0.25) is 4.79 Å². The summed E-state index contributed by atoms with van der Waals surface area (Å²) in [6, 6.07) is 3.31. The predicted molar refractivity (Wildman–Crippen MR) is 52.4 cm³/mol. The Morgan fingerprint density at radius 2 is 2.29 bits per heavy atom. The highest BCUT2D eigenvalue weighted by atomic mass is 35.5. The molecule has 1 amide bonds. The Morgan fingerprint density at radius 3 is 2.71 bits per heavy atom. The number of primary amides is 1. The highest BCUT2D eigenvalue weighted by Crippen LogP contribution is 2.25. The van der Waals surface area contributed by atoms with Crippen LogP contribution in [0.25, 0.3) is 0 Å². The summed E-state index contributed by atoms with van der Waals surface area (Å²) in [6.07, 6.45) is 0. The maximum Gasteiger partial charge on any atom is 0.239 e. The Balaban J connectivity index is 3.22. The summed E-state index contributed by atoms with van der Waals surface area (Å²) in [5.41, 5.74) is 5.18. The smallest absolute Gasteiger partial charge is 0.239 e. The normalized spacial score (nSPS) is 12.5. The number of amides is 1. The molecule has 0 aromatic heterocycles. The Kier molecular flexibility index (Phi) is 3.43. The zero-order chi connectivity index (χ0) is 10.7. The van der Waals surface area contributed by atoms with E-state index >= 15 is 0 Å². The van der Waals surface area contributed by atoms with E-state index in [1.807, 2.05) is 0 Å². The van der Waals surface area contributed by atoms with Crippen molar-refractivity contribution < 1.29 is 9.18 Å². The van der Waals surface area contributed by atoms with Crippen molar-refractivity contribution in [3.63, 3.8) is 0 Å². The molecule has 1 unspecified atom stereocenters. The number of hydrogen-bond acceptors (Lipinski definition) is 2. The molecular weight excluding hydrogens is 207 g/mol. The maximum atomic E-state index is 13.3. The van der Waals surface area contributed by atoms with Gasteiger partial charge in [-0.2, -0.15) is 0 Å². The lowest BCUT2D eigenvalue weighted by atomic mass is 10.1. The molecule has 1 aromatic rings. The Morgan fingerprint density at radius 1 is 1.64 bits per heavy atom. The van der Waals surface area contributed by atoms with Crippen molar-refractivity contribution in [2.45, 2.75) is 6.04 Å². The van der Waals surface area contributed by atoms with Gasteiger partial charge in [-0.15, -0.1) is 0 Å². The van der Waals surface area contributed by atoms with E-state index in [0.717, 1.165) is 0 Å². The van der Waals surface area contributed by atoms with Crippen LogP contribution in [0.2, 0.25) is 5.02 Å². The number of hydrogen-bond donors (Lipinski definition) is 2. The van der Waals surface area contributed by atoms with E-state index in [1.165, 1.54) is 25.2 Å². The zero-order valence-corrected chi connectivity index (χ0v) is 8.31. The van der Waals surface area contributed by atoms with Crippen molar-refractivity contribution in [2.75, 3.05) is 7.05 Å². The van der Waals surface area contributed by atoms with E-state index in [-0.39, 0.29) is 10.6 Å². The van der Waals surface area contributed by atoms with E-state index in [9.17, 15) is 9.18 Å². The van der Waals surface area contributed by atoms with Crippen molar-refractivity contribution in [1.29, 1.82) is 0 Å². The van der Waals surface area contributed by atoms with E-state index < -0.39 is 17.8 Å². The van der Waals surface area contributed by atoms with Gasteiger partial charge in [-0.1, -0.05) is 17.7 Å². The van der Waals surface area contributed by atoms with Crippen LogP contribution in [0.4, 0.5) is 4.39 Å². The summed E-state index contributed by atoms with van der Waals surface area (Å²) in [5.74, 6) is -1.21. The van der Waals surface area contributed by atoms with E-state index in [2.05, 4.69) is 5.32 Å². The van der Waals surface area contributed by atoms with E-state index in [4.69, 9.17) is 17.3 Å². The molecule has 0 aliphatic heterocycles. The number of carbonyl (C=O) groups excluding carboxylic acids is 1. The highest BCUT2D eigenvalue weighted by molar-refractivity contribution is 6.31.